The van der Waals surface area contributed by atoms with E-state index in [0.717, 1.165) is 0 Å². The van der Waals surface area contributed by atoms with Crippen LogP contribution >= 0.6 is 0 Å². The van der Waals surface area contributed by atoms with Crippen LogP contribution in [0, 0.1) is 5.92 Å². The molecule has 1 atom stereocenters. The number of rotatable bonds is 2. The molecule has 0 amide bonds. The van der Waals surface area contributed by atoms with Gasteiger partial charge in [0.25, 0.3) is 5.92 Å². The van der Waals surface area contributed by atoms with Gasteiger partial charge in [-0.25, -0.2) is 8.78 Å². The van der Waals surface area contributed by atoms with Gasteiger partial charge in [0.2, 0.25) is 5.60 Å². The van der Waals surface area contributed by atoms with E-state index in [0.29, 0.717) is 0 Å². The first-order chi connectivity index (χ1) is 7.11. The molecule has 2 nitrogen and oxygen atoms in total. The Bertz CT molecular complexity index is 227. The predicted octanol–water partition coefficient (Wildman–Crippen LogP) is 1.93. The van der Waals surface area contributed by atoms with Crippen molar-refractivity contribution in [2.24, 2.45) is 5.92 Å². The lowest BCUT2D eigenvalue weighted by molar-refractivity contribution is -0.347. The van der Waals surface area contributed by atoms with Crippen molar-refractivity contribution in [3.8, 4) is 0 Å². The summed E-state index contributed by atoms with van der Waals surface area (Å²) in [4.78, 5) is 0. The summed E-state index contributed by atoms with van der Waals surface area (Å²) in [5, 5.41) is 12.2. The predicted molar refractivity (Wildman–Crippen MR) is 47.2 cm³/mol. The van der Waals surface area contributed by atoms with Gasteiger partial charge in [-0.1, -0.05) is 0 Å². The Labute approximate surface area is 89.8 Å². The molecule has 1 saturated heterocycles. The lowest BCUT2D eigenvalue weighted by Crippen LogP contribution is -2.63. The molecule has 1 aliphatic heterocycles. The van der Waals surface area contributed by atoms with E-state index in [-0.39, 0.29) is 32.9 Å². The SMILES string of the molecule is CC(F)(F)C(O)(C1CCNCC1)C(F)(F)F. The molecule has 1 unspecified atom stereocenters. The fraction of sp³-hybridized carbons (Fsp3) is 1.00. The fourth-order valence-corrected chi connectivity index (χ4v) is 2.08. The summed E-state index contributed by atoms with van der Waals surface area (Å²) >= 11 is 0. The molecule has 0 aromatic heterocycles. The van der Waals surface area contributed by atoms with Crippen molar-refractivity contribution in [1.29, 1.82) is 0 Å². The van der Waals surface area contributed by atoms with Gasteiger partial charge in [-0.15, -0.1) is 0 Å². The molecule has 1 aliphatic rings. The van der Waals surface area contributed by atoms with E-state index in [1.165, 1.54) is 0 Å². The number of piperidine rings is 1. The Hall–Kier alpha value is -0.430. The normalized spacial score (nSPS) is 24.2. The second kappa shape index (κ2) is 4.10. The topological polar surface area (TPSA) is 32.3 Å². The minimum Gasteiger partial charge on any atom is -0.376 e. The third-order valence-electron chi connectivity index (χ3n) is 3.03. The minimum absolute atomic E-state index is 0.112. The van der Waals surface area contributed by atoms with Gasteiger partial charge in [0.05, 0.1) is 0 Å². The molecule has 1 rings (SSSR count). The van der Waals surface area contributed by atoms with E-state index in [1.807, 2.05) is 0 Å². The highest BCUT2D eigenvalue weighted by molar-refractivity contribution is 5.02. The molecule has 7 heteroatoms. The molecular formula is C9H14F5NO. The van der Waals surface area contributed by atoms with E-state index < -0.39 is 23.6 Å². The van der Waals surface area contributed by atoms with E-state index >= 15 is 0 Å². The third-order valence-corrected chi connectivity index (χ3v) is 3.03. The summed E-state index contributed by atoms with van der Waals surface area (Å²) in [5.74, 6) is -5.67. The standard InChI is InChI=1S/C9H14F5NO/c1-7(10,11)8(16,9(12,13)14)6-2-4-15-5-3-6/h6,15-16H,2-5H2,1H3. The summed E-state index contributed by atoms with van der Waals surface area (Å²) in [6.45, 7) is 0.529. The van der Waals surface area contributed by atoms with Gasteiger partial charge >= 0.3 is 6.18 Å². The Balaban J connectivity index is 3.04. The Morgan fingerprint density at radius 2 is 1.50 bits per heavy atom. The lowest BCUT2D eigenvalue weighted by Gasteiger charge is -2.42. The molecule has 0 aromatic rings. The molecule has 16 heavy (non-hydrogen) atoms. The molecule has 1 heterocycles. The van der Waals surface area contributed by atoms with Gasteiger partial charge in [0.1, 0.15) is 0 Å². The van der Waals surface area contributed by atoms with Crippen LogP contribution in [-0.2, 0) is 0 Å². The first kappa shape index (κ1) is 13.6. The maximum absolute atomic E-state index is 13.1. The number of nitrogens with one attached hydrogen (secondary N) is 1. The van der Waals surface area contributed by atoms with Gasteiger partial charge in [0.15, 0.2) is 0 Å². The van der Waals surface area contributed by atoms with Crippen LogP contribution in [0.2, 0.25) is 0 Å². The maximum atomic E-state index is 13.1. The van der Waals surface area contributed by atoms with Crippen LogP contribution in [0.4, 0.5) is 22.0 Å². The third kappa shape index (κ3) is 2.15. The molecule has 0 spiro atoms. The molecule has 96 valence electrons. The van der Waals surface area contributed by atoms with Gasteiger partial charge in [-0.05, 0) is 25.9 Å². The molecule has 0 aromatic carbocycles. The molecule has 0 aliphatic carbocycles. The maximum Gasteiger partial charge on any atom is 0.423 e. The van der Waals surface area contributed by atoms with Crippen molar-refractivity contribution >= 4 is 0 Å². The summed E-state index contributed by atoms with van der Waals surface area (Å²) in [6.07, 6.45) is -5.55. The van der Waals surface area contributed by atoms with Crippen LogP contribution in [-0.4, -0.2) is 35.9 Å². The lowest BCUT2D eigenvalue weighted by atomic mass is 9.76. The number of hydrogen-bond donors (Lipinski definition) is 2. The number of halogens is 5. The van der Waals surface area contributed by atoms with Crippen molar-refractivity contribution in [2.45, 2.75) is 37.5 Å². The summed E-state index contributed by atoms with van der Waals surface area (Å²) < 4.78 is 64.0. The van der Waals surface area contributed by atoms with Crippen LogP contribution in [0.3, 0.4) is 0 Å². The van der Waals surface area contributed by atoms with Crippen LogP contribution in [0.1, 0.15) is 19.8 Å². The molecular weight excluding hydrogens is 233 g/mol. The van der Waals surface area contributed by atoms with Crippen LogP contribution in [0.15, 0.2) is 0 Å². The van der Waals surface area contributed by atoms with Crippen molar-refractivity contribution in [1.82, 2.24) is 5.32 Å². The Kier molecular flexibility index (Phi) is 3.50. The average molecular weight is 247 g/mol. The van der Waals surface area contributed by atoms with Gasteiger partial charge in [-0.2, -0.15) is 13.2 Å². The number of hydrogen-bond acceptors (Lipinski definition) is 2. The summed E-state index contributed by atoms with van der Waals surface area (Å²) in [5.41, 5.74) is -3.93. The van der Waals surface area contributed by atoms with E-state index in [2.05, 4.69) is 5.32 Å². The van der Waals surface area contributed by atoms with Crippen molar-refractivity contribution in [2.75, 3.05) is 13.1 Å². The quantitative estimate of drug-likeness (QED) is 0.731. The smallest absolute Gasteiger partial charge is 0.376 e. The van der Waals surface area contributed by atoms with Crippen LogP contribution in [0.25, 0.3) is 0 Å². The number of aliphatic hydroxyl groups is 1. The van der Waals surface area contributed by atoms with Gasteiger partial charge in [0, 0.05) is 12.8 Å². The van der Waals surface area contributed by atoms with Crippen molar-refractivity contribution < 1.29 is 27.1 Å². The van der Waals surface area contributed by atoms with Crippen LogP contribution < -0.4 is 5.32 Å². The Morgan fingerprint density at radius 3 is 1.81 bits per heavy atom. The van der Waals surface area contributed by atoms with E-state index in [9.17, 15) is 27.1 Å². The first-order valence-corrected chi connectivity index (χ1v) is 4.98. The van der Waals surface area contributed by atoms with Crippen molar-refractivity contribution in [3.63, 3.8) is 0 Å². The van der Waals surface area contributed by atoms with Gasteiger partial charge in [-0.3, -0.25) is 0 Å². The highest BCUT2D eigenvalue weighted by Gasteiger charge is 2.69. The zero-order valence-electron chi connectivity index (χ0n) is 8.74. The zero-order chi connectivity index (χ0) is 12.6. The monoisotopic (exact) mass is 247 g/mol. The molecule has 0 radical (unpaired) electrons. The molecule has 2 N–H and O–H groups in total. The minimum atomic E-state index is -5.33. The number of alkyl halides is 5. The summed E-state index contributed by atoms with van der Waals surface area (Å²) in [6, 6.07) is 0. The summed E-state index contributed by atoms with van der Waals surface area (Å²) in [7, 11) is 0. The molecule has 1 fully saturated rings. The van der Waals surface area contributed by atoms with E-state index in [1.54, 1.807) is 0 Å². The highest BCUT2D eigenvalue weighted by Crippen LogP contribution is 2.48. The molecule has 0 bridgehead atoms. The van der Waals surface area contributed by atoms with Gasteiger partial charge < -0.3 is 10.4 Å². The first-order valence-electron chi connectivity index (χ1n) is 4.98. The van der Waals surface area contributed by atoms with Crippen LogP contribution in [0.5, 0.6) is 0 Å². The highest BCUT2D eigenvalue weighted by atomic mass is 19.4. The van der Waals surface area contributed by atoms with Crippen molar-refractivity contribution in [3.05, 3.63) is 0 Å². The second-order valence-electron chi connectivity index (χ2n) is 4.18. The largest absolute Gasteiger partial charge is 0.423 e. The average Bonchev–Trinajstić information content (AvgIpc) is 2.14. The molecule has 0 saturated carbocycles. The Morgan fingerprint density at radius 1 is 1.06 bits per heavy atom. The zero-order valence-corrected chi connectivity index (χ0v) is 8.74. The second-order valence-corrected chi connectivity index (χ2v) is 4.18. The van der Waals surface area contributed by atoms with E-state index in [4.69, 9.17) is 0 Å². The fourth-order valence-electron chi connectivity index (χ4n) is 2.08.